The summed E-state index contributed by atoms with van der Waals surface area (Å²) in [5.41, 5.74) is 6.86. The molecule has 100 valence electrons. The number of rotatable bonds is 6. The van der Waals surface area contributed by atoms with E-state index in [0.29, 0.717) is 0 Å². The third-order valence-electron chi connectivity index (χ3n) is 2.77. The first-order valence-electron chi connectivity index (χ1n) is 6.02. The summed E-state index contributed by atoms with van der Waals surface area (Å²) in [5.74, 6) is -0.332. The van der Waals surface area contributed by atoms with Gasteiger partial charge in [0, 0.05) is 6.04 Å². The van der Waals surface area contributed by atoms with Crippen LogP contribution in [0.15, 0.2) is 16.8 Å². The second-order valence-electron chi connectivity index (χ2n) is 4.87. The van der Waals surface area contributed by atoms with Crippen LogP contribution >= 0.6 is 23.6 Å². The van der Waals surface area contributed by atoms with E-state index in [1.807, 2.05) is 26.2 Å². The highest BCUT2D eigenvalue weighted by Crippen LogP contribution is 2.13. The van der Waals surface area contributed by atoms with Gasteiger partial charge in [0.2, 0.25) is 5.91 Å². The Hall–Kier alpha value is -0.940. The number of amides is 1. The summed E-state index contributed by atoms with van der Waals surface area (Å²) in [6.45, 7) is 5.90. The Morgan fingerprint density at radius 3 is 2.61 bits per heavy atom. The van der Waals surface area contributed by atoms with Crippen LogP contribution in [0.3, 0.4) is 0 Å². The van der Waals surface area contributed by atoms with Crippen LogP contribution in [0.2, 0.25) is 0 Å². The molecule has 0 fully saturated rings. The molecule has 2 atom stereocenters. The van der Waals surface area contributed by atoms with Gasteiger partial charge in [-0.25, -0.2) is 0 Å². The van der Waals surface area contributed by atoms with Gasteiger partial charge < -0.3 is 11.1 Å². The summed E-state index contributed by atoms with van der Waals surface area (Å²) in [5, 5.41) is 7.11. The van der Waals surface area contributed by atoms with Crippen LogP contribution in [-0.2, 0) is 11.2 Å². The molecule has 18 heavy (non-hydrogen) atoms. The fourth-order valence-corrected chi connectivity index (χ4v) is 2.97. The summed E-state index contributed by atoms with van der Waals surface area (Å²) in [7, 11) is 0. The number of nitrogens with one attached hydrogen (secondary N) is 1. The zero-order valence-electron chi connectivity index (χ0n) is 11.0. The lowest BCUT2D eigenvalue weighted by atomic mass is 9.94. The zero-order valence-corrected chi connectivity index (χ0v) is 12.6. The minimum atomic E-state index is -0.384. The van der Waals surface area contributed by atoms with Crippen molar-refractivity contribution in [3.8, 4) is 0 Å². The lowest BCUT2D eigenvalue weighted by Crippen LogP contribution is -2.44. The molecule has 1 rings (SSSR count). The first-order chi connectivity index (χ1) is 8.41. The molecule has 0 bridgehead atoms. The molecule has 0 aliphatic rings. The minimum absolute atomic E-state index is 0.0692. The lowest BCUT2D eigenvalue weighted by molar-refractivity contribution is -0.124. The third kappa shape index (κ3) is 4.38. The maximum Gasteiger partial charge on any atom is 0.230 e. The van der Waals surface area contributed by atoms with Crippen molar-refractivity contribution >= 4 is 34.5 Å². The van der Waals surface area contributed by atoms with Gasteiger partial charge in [-0.1, -0.05) is 26.1 Å². The quantitative estimate of drug-likeness (QED) is 0.789. The lowest BCUT2D eigenvalue weighted by Gasteiger charge is -2.21. The highest BCUT2D eigenvalue weighted by molar-refractivity contribution is 7.80. The molecule has 1 amide bonds. The number of hydrogen-bond acceptors (Lipinski definition) is 3. The first-order valence-corrected chi connectivity index (χ1v) is 7.37. The number of thiophene rings is 1. The normalized spacial score (nSPS) is 14.2. The van der Waals surface area contributed by atoms with Crippen LogP contribution in [0.1, 0.15) is 26.3 Å². The van der Waals surface area contributed by atoms with Gasteiger partial charge in [-0.2, -0.15) is 11.3 Å². The van der Waals surface area contributed by atoms with Gasteiger partial charge in [-0.05, 0) is 41.7 Å². The Kier molecular flexibility index (Phi) is 5.75. The van der Waals surface area contributed by atoms with Gasteiger partial charge in [0.25, 0.3) is 0 Å². The topological polar surface area (TPSA) is 55.1 Å². The van der Waals surface area contributed by atoms with Gasteiger partial charge in [0.05, 0.1) is 10.9 Å². The molecule has 0 spiro atoms. The second kappa shape index (κ2) is 6.85. The van der Waals surface area contributed by atoms with E-state index in [2.05, 4.69) is 16.8 Å². The maximum absolute atomic E-state index is 12.1. The monoisotopic (exact) mass is 284 g/mol. The van der Waals surface area contributed by atoms with Crippen LogP contribution in [-0.4, -0.2) is 16.9 Å². The van der Waals surface area contributed by atoms with Gasteiger partial charge >= 0.3 is 0 Å². The number of hydrogen-bond donors (Lipinski definition) is 2. The van der Waals surface area contributed by atoms with Gasteiger partial charge in [0.1, 0.15) is 0 Å². The molecule has 0 aromatic carbocycles. The van der Waals surface area contributed by atoms with Crippen molar-refractivity contribution in [2.24, 2.45) is 17.6 Å². The Morgan fingerprint density at radius 1 is 1.50 bits per heavy atom. The van der Waals surface area contributed by atoms with Crippen molar-refractivity contribution in [2.75, 3.05) is 0 Å². The number of thiocarbonyl (C=S) groups is 1. The smallest absolute Gasteiger partial charge is 0.230 e. The molecule has 1 aromatic rings. The van der Waals surface area contributed by atoms with Crippen molar-refractivity contribution in [3.05, 3.63) is 22.4 Å². The number of carbonyl (C=O) groups is 1. The molecule has 3 nitrogen and oxygen atoms in total. The average molecular weight is 284 g/mol. The van der Waals surface area contributed by atoms with E-state index in [4.69, 9.17) is 18.0 Å². The summed E-state index contributed by atoms with van der Waals surface area (Å²) >= 11 is 6.62. The maximum atomic E-state index is 12.1. The van der Waals surface area contributed by atoms with Gasteiger partial charge in [0.15, 0.2) is 0 Å². The Balaban J connectivity index is 2.55. The third-order valence-corrected chi connectivity index (χ3v) is 3.75. The molecule has 0 aliphatic heterocycles. The Bertz CT molecular complexity index is 401. The van der Waals surface area contributed by atoms with Gasteiger partial charge in [-0.3, -0.25) is 4.79 Å². The van der Waals surface area contributed by atoms with E-state index in [0.717, 1.165) is 6.42 Å². The fourth-order valence-electron chi connectivity index (χ4n) is 1.91. The predicted molar refractivity (Wildman–Crippen MR) is 80.7 cm³/mol. The SMILES string of the molecule is CC(Cc1ccsc1)NC(=O)C(C(N)=S)C(C)C. The largest absolute Gasteiger partial charge is 0.393 e. The van der Waals surface area contributed by atoms with Crippen molar-refractivity contribution in [3.63, 3.8) is 0 Å². The van der Waals surface area contributed by atoms with E-state index in [-0.39, 0.29) is 28.8 Å². The van der Waals surface area contributed by atoms with E-state index >= 15 is 0 Å². The number of nitrogens with two attached hydrogens (primary N) is 1. The molecule has 0 saturated carbocycles. The second-order valence-corrected chi connectivity index (χ2v) is 6.12. The minimum Gasteiger partial charge on any atom is -0.393 e. The van der Waals surface area contributed by atoms with Crippen LogP contribution in [0, 0.1) is 11.8 Å². The van der Waals surface area contributed by atoms with Crippen molar-refractivity contribution in [1.29, 1.82) is 0 Å². The average Bonchev–Trinajstić information content (AvgIpc) is 2.67. The van der Waals surface area contributed by atoms with Gasteiger partial charge in [-0.15, -0.1) is 0 Å². The van der Waals surface area contributed by atoms with Crippen LogP contribution in [0.4, 0.5) is 0 Å². The van der Waals surface area contributed by atoms with Crippen LogP contribution < -0.4 is 11.1 Å². The van der Waals surface area contributed by atoms with Crippen molar-refractivity contribution in [1.82, 2.24) is 5.32 Å². The fraction of sp³-hybridized carbons (Fsp3) is 0.538. The molecule has 0 saturated heterocycles. The molecule has 1 aromatic heterocycles. The Labute approximate surface area is 118 Å². The van der Waals surface area contributed by atoms with E-state index in [1.165, 1.54) is 5.56 Å². The van der Waals surface area contributed by atoms with E-state index in [9.17, 15) is 4.79 Å². The van der Waals surface area contributed by atoms with E-state index in [1.54, 1.807) is 11.3 Å². The van der Waals surface area contributed by atoms with Crippen molar-refractivity contribution in [2.45, 2.75) is 33.2 Å². The van der Waals surface area contributed by atoms with Crippen molar-refractivity contribution < 1.29 is 4.79 Å². The zero-order chi connectivity index (χ0) is 13.7. The summed E-state index contributed by atoms with van der Waals surface area (Å²) in [4.78, 5) is 12.4. The van der Waals surface area contributed by atoms with E-state index < -0.39 is 0 Å². The molecule has 0 radical (unpaired) electrons. The number of carbonyl (C=O) groups excluding carboxylic acids is 1. The molecular formula is C13H20N2OS2. The first kappa shape index (κ1) is 15.1. The molecule has 2 unspecified atom stereocenters. The highest BCUT2D eigenvalue weighted by atomic mass is 32.1. The molecule has 0 aliphatic carbocycles. The molecule has 1 heterocycles. The standard InChI is InChI=1S/C13H20N2OS2/c1-8(2)11(12(14)17)13(16)15-9(3)6-10-4-5-18-7-10/h4-5,7-9,11H,6H2,1-3H3,(H2,14,17)(H,15,16). The summed E-state index contributed by atoms with van der Waals surface area (Å²) in [6.07, 6.45) is 0.831. The Morgan fingerprint density at radius 2 is 2.17 bits per heavy atom. The predicted octanol–water partition coefficient (Wildman–Crippen LogP) is 2.35. The summed E-state index contributed by atoms with van der Waals surface area (Å²) < 4.78 is 0. The molecular weight excluding hydrogens is 264 g/mol. The van der Waals surface area contributed by atoms with Crippen LogP contribution in [0.25, 0.3) is 0 Å². The highest BCUT2D eigenvalue weighted by Gasteiger charge is 2.25. The molecule has 5 heteroatoms. The molecule has 3 N–H and O–H groups in total. The van der Waals surface area contributed by atoms with Crippen LogP contribution in [0.5, 0.6) is 0 Å². The summed E-state index contributed by atoms with van der Waals surface area (Å²) in [6, 6.07) is 2.16.